The van der Waals surface area contributed by atoms with Crippen LogP contribution in [-0.2, 0) is 14.3 Å². The van der Waals surface area contributed by atoms with Crippen LogP contribution in [0.25, 0.3) is 0 Å². The number of hydrogen-bond donors (Lipinski definition) is 0. The standard InChI is InChI=1S/C13H21NO3/c1-3-4-5-6-7-8-9-17-13(15)12(10-14)11-16-2/h11H,3-9H2,1-2H3/b12-11+. The van der Waals surface area contributed by atoms with E-state index in [1.165, 1.54) is 32.8 Å². The number of carbonyl (C=O) groups is 1. The molecule has 0 saturated carbocycles. The van der Waals surface area contributed by atoms with Crippen LogP contribution in [0.2, 0.25) is 0 Å². The van der Waals surface area contributed by atoms with Crippen molar-refractivity contribution in [3.8, 4) is 6.07 Å². The molecule has 4 nitrogen and oxygen atoms in total. The number of unbranched alkanes of at least 4 members (excludes halogenated alkanes) is 5. The van der Waals surface area contributed by atoms with Gasteiger partial charge in [-0.3, -0.25) is 0 Å². The molecule has 0 aromatic heterocycles. The fourth-order valence-electron chi connectivity index (χ4n) is 1.36. The summed E-state index contributed by atoms with van der Waals surface area (Å²) in [7, 11) is 1.39. The number of ether oxygens (including phenoxy) is 2. The maximum atomic E-state index is 11.3. The molecule has 0 bridgehead atoms. The van der Waals surface area contributed by atoms with Gasteiger partial charge in [0.05, 0.1) is 13.7 Å². The Balaban J connectivity index is 3.58. The number of nitrogens with zero attached hydrogens (tertiary/aromatic N) is 1. The number of rotatable bonds is 9. The molecule has 0 atom stereocenters. The van der Waals surface area contributed by atoms with Gasteiger partial charge in [-0.25, -0.2) is 4.79 Å². The van der Waals surface area contributed by atoms with Crippen molar-refractivity contribution in [2.75, 3.05) is 13.7 Å². The van der Waals surface area contributed by atoms with Gasteiger partial charge < -0.3 is 9.47 Å². The first-order chi connectivity index (χ1) is 8.26. The number of carbonyl (C=O) groups excluding carboxylic acids is 1. The Kier molecular flexibility index (Phi) is 10.0. The topological polar surface area (TPSA) is 59.3 Å². The number of hydrogen-bond acceptors (Lipinski definition) is 4. The maximum absolute atomic E-state index is 11.3. The van der Waals surface area contributed by atoms with Crippen LogP contribution >= 0.6 is 0 Å². The summed E-state index contributed by atoms with van der Waals surface area (Å²) in [6, 6.07) is 1.73. The van der Waals surface area contributed by atoms with E-state index in [4.69, 9.17) is 10.00 Å². The van der Waals surface area contributed by atoms with Crippen molar-refractivity contribution in [1.82, 2.24) is 0 Å². The lowest BCUT2D eigenvalue weighted by Crippen LogP contribution is -2.08. The molecular formula is C13H21NO3. The van der Waals surface area contributed by atoms with Crippen molar-refractivity contribution >= 4 is 5.97 Å². The molecule has 0 aliphatic carbocycles. The summed E-state index contributed by atoms with van der Waals surface area (Å²) in [4.78, 5) is 11.3. The number of methoxy groups -OCH3 is 1. The average molecular weight is 239 g/mol. The third-order valence-corrected chi connectivity index (χ3v) is 2.31. The van der Waals surface area contributed by atoms with E-state index in [0.29, 0.717) is 6.61 Å². The molecule has 0 aromatic rings. The molecule has 0 fully saturated rings. The molecule has 0 amide bonds. The van der Waals surface area contributed by atoms with Crippen molar-refractivity contribution in [3.05, 3.63) is 11.8 Å². The molecule has 0 aliphatic heterocycles. The van der Waals surface area contributed by atoms with E-state index >= 15 is 0 Å². The smallest absolute Gasteiger partial charge is 0.352 e. The van der Waals surface area contributed by atoms with Crippen LogP contribution in [0.4, 0.5) is 0 Å². The van der Waals surface area contributed by atoms with Crippen molar-refractivity contribution in [2.24, 2.45) is 0 Å². The van der Waals surface area contributed by atoms with E-state index in [2.05, 4.69) is 11.7 Å². The lowest BCUT2D eigenvalue weighted by Gasteiger charge is -2.03. The van der Waals surface area contributed by atoms with Crippen molar-refractivity contribution in [3.63, 3.8) is 0 Å². The average Bonchev–Trinajstić information content (AvgIpc) is 2.34. The fraction of sp³-hybridized carbons (Fsp3) is 0.692. The Bertz CT molecular complexity index is 279. The van der Waals surface area contributed by atoms with Gasteiger partial charge >= 0.3 is 5.97 Å². The van der Waals surface area contributed by atoms with Crippen LogP contribution in [-0.4, -0.2) is 19.7 Å². The second-order valence-corrected chi connectivity index (χ2v) is 3.78. The van der Waals surface area contributed by atoms with Gasteiger partial charge in [0.1, 0.15) is 12.3 Å². The van der Waals surface area contributed by atoms with Gasteiger partial charge in [-0.05, 0) is 6.42 Å². The van der Waals surface area contributed by atoms with E-state index in [9.17, 15) is 4.79 Å². The minimum Gasteiger partial charge on any atom is -0.503 e. The molecule has 0 radical (unpaired) electrons. The molecule has 0 N–H and O–H groups in total. The summed E-state index contributed by atoms with van der Waals surface area (Å²) in [5, 5.41) is 8.63. The summed E-state index contributed by atoms with van der Waals surface area (Å²) >= 11 is 0. The highest BCUT2D eigenvalue weighted by atomic mass is 16.5. The van der Waals surface area contributed by atoms with Crippen molar-refractivity contribution in [1.29, 1.82) is 5.26 Å². The summed E-state index contributed by atoms with van der Waals surface area (Å²) in [5.41, 5.74) is -0.0986. The molecule has 0 aliphatic rings. The minimum atomic E-state index is -0.608. The predicted molar refractivity (Wildman–Crippen MR) is 65.0 cm³/mol. The molecule has 0 unspecified atom stereocenters. The summed E-state index contributed by atoms with van der Waals surface area (Å²) < 4.78 is 9.55. The largest absolute Gasteiger partial charge is 0.503 e. The van der Waals surface area contributed by atoms with E-state index in [1.54, 1.807) is 6.07 Å². The molecule has 0 heterocycles. The monoisotopic (exact) mass is 239 g/mol. The first kappa shape index (κ1) is 15.5. The highest BCUT2D eigenvalue weighted by Crippen LogP contribution is 2.05. The molecule has 17 heavy (non-hydrogen) atoms. The highest BCUT2D eigenvalue weighted by molar-refractivity contribution is 5.92. The predicted octanol–water partition coefficient (Wildman–Crippen LogP) is 2.94. The molecule has 0 rings (SSSR count). The number of esters is 1. The zero-order valence-corrected chi connectivity index (χ0v) is 10.7. The van der Waals surface area contributed by atoms with Crippen LogP contribution in [0.1, 0.15) is 45.4 Å². The van der Waals surface area contributed by atoms with Gasteiger partial charge in [-0.2, -0.15) is 5.26 Å². The Morgan fingerprint density at radius 2 is 1.88 bits per heavy atom. The van der Waals surface area contributed by atoms with Crippen LogP contribution in [0, 0.1) is 11.3 Å². The molecule has 0 aromatic carbocycles. The van der Waals surface area contributed by atoms with E-state index in [0.717, 1.165) is 19.1 Å². The van der Waals surface area contributed by atoms with Gasteiger partial charge in [0.15, 0.2) is 5.57 Å². The molecule has 0 spiro atoms. The lowest BCUT2D eigenvalue weighted by atomic mass is 10.1. The normalized spacial score (nSPS) is 10.8. The second kappa shape index (κ2) is 11.0. The van der Waals surface area contributed by atoms with E-state index in [1.807, 2.05) is 0 Å². The Morgan fingerprint density at radius 1 is 1.24 bits per heavy atom. The van der Waals surface area contributed by atoms with Gasteiger partial charge in [0.2, 0.25) is 0 Å². The quantitative estimate of drug-likeness (QED) is 0.204. The maximum Gasteiger partial charge on any atom is 0.352 e. The molecule has 0 saturated heterocycles. The zero-order valence-electron chi connectivity index (χ0n) is 10.7. The molecule has 4 heteroatoms. The van der Waals surface area contributed by atoms with Crippen molar-refractivity contribution < 1.29 is 14.3 Å². The Morgan fingerprint density at radius 3 is 2.47 bits per heavy atom. The highest BCUT2D eigenvalue weighted by Gasteiger charge is 2.10. The van der Waals surface area contributed by atoms with Crippen LogP contribution in [0.5, 0.6) is 0 Å². The van der Waals surface area contributed by atoms with Crippen LogP contribution in [0.3, 0.4) is 0 Å². The third kappa shape index (κ3) is 8.32. The fourth-order valence-corrected chi connectivity index (χ4v) is 1.36. The summed E-state index contributed by atoms with van der Waals surface area (Å²) in [6.07, 6.45) is 7.90. The van der Waals surface area contributed by atoms with Gasteiger partial charge in [-0.15, -0.1) is 0 Å². The second-order valence-electron chi connectivity index (χ2n) is 3.78. The Labute approximate surface area is 103 Å². The van der Waals surface area contributed by atoms with Gasteiger partial charge in [0, 0.05) is 0 Å². The first-order valence-electron chi connectivity index (χ1n) is 6.06. The summed E-state index contributed by atoms with van der Waals surface area (Å²) in [6.45, 7) is 2.54. The SMILES string of the molecule is CCCCCCCCOC(=O)/C(C#N)=C/OC. The first-order valence-corrected chi connectivity index (χ1v) is 6.06. The molecule has 96 valence electrons. The lowest BCUT2D eigenvalue weighted by molar-refractivity contribution is -0.138. The molecular weight excluding hydrogens is 218 g/mol. The summed E-state index contributed by atoms with van der Waals surface area (Å²) in [5.74, 6) is -0.608. The zero-order chi connectivity index (χ0) is 12.9. The van der Waals surface area contributed by atoms with Crippen LogP contribution in [0.15, 0.2) is 11.8 Å². The van der Waals surface area contributed by atoms with E-state index in [-0.39, 0.29) is 5.57 Å². The van der Waals surface area contributed by atoms with Gasteiger partial charge in [0.25, 0.3) is 0 Å². The third-order valence-electron chi connectivity index (χ3n) is 2.31. The Hall–Kier alpha value is -1.50. The number of nitriles is 1. The van der Waals surface area contributed by atoms with Crippen LogP contribution < -0.4 is 0 Å². The van der Waals surface area contributed by atoms with Gasteiger partial charge in [-0.1, -0.05) is 39.0 Å². The minimum absolute atomic E-state index is 0.0986. The van der Waals surface area contributed by atoms with E-state index < -0.39 is 5.97 Å². The van der Waals surface area contributed by atoms with Crippen molar-refractivity contribution in [2.45, 2.75) is 45.4 Å².